The molecule has 19 heteroatoms. The van der Waals surface area contributed by atoms with Crippen molar-refractivity contribution in [2.45, 2.75) is 156 Å². The van der Waals surface area contributed by atoms with Crippen molar-refractivity contribution >= 4 is 53.7 Å². The number of hydrogen-bond acceptors (Lipinski definition) is 10. The van der Waals surface area contributed by atoms with Crippen LogP contribution in [0.15, 0.2) is 37.0 Å². The molecule has 5 N–H and O–H groups in total. The predicted octanol–water partition coefficient (Wildman–Crippen LogP) is 3.03. The first kappa shape index (κ1) is 64.4. The van der Waals surface area contributed by atoms with Gasteiger partial charge in [-0.05, 0) is 56.3 Å². The lowest BCUT2D eigenvalue weighted by Crippen LogP contribution is -2.59. The van der Waals surface area contributed by atoms with Gasteiger partial charge in [0.25, 0.3) is 0 Å². The van der Waals surface area contributed by atoms with Crippen molar-refractivity contribution in [2.24, 2.45) is 29.4 Å². The van der Waals surface area contributed by atoms with Crippen LogP contribution >= 0.6 is 0 Å². The summed E-state index contributed by atoms with van der Waals surface area (Å²) in [4.78, 5) is 128. The summed E-state index contributed by atoms with van der Waals surface area (Å²) in [5.74, 6) is -4.88. The molecule has 0 aliphatic rings. The molecule has 0 rings (SSSR count). The molecule has 0 aromatic heterocycles. The average molecular weight is 988 g/mol. The highest BCUT2D eigenvalue weighted by Gasteiger charge is 2.38. The monoisotopic (exact) mass is 988 g/mol. The van der Waals surface area contributed by atoms with Crippen LogP contribution in [0.3, 0.4) is 0 Å². The number of carbonyl (C=O) groups excluding carboxylic acids is 9. The van der Waals surface area contributed by atoms with E-state index in [2.05, 4.69) is 29.1 Å². The van der Waals surface area contributed by atoms with Crippen LogP contribution in [-0.4, -0.2) is 175 Å². The summed E-state index contributed by atoms with van der Waals surface area (Å²) in [6, 6.07) is -6.92. The minimum atomic E-state index is -1.17. The minimum absolute atomic E-state index is 0.0306. The molecule has 9 amide bonds. The lowest BCUT2D eigenvalue weighted by Gasteiger charge is -2.35. The number of ether oxygens (including phenoxy) is 1. The van der Waals surface area contributed by atoms with Crippen LogP contribution in [-0.2, 0) is 47.9 Å². The Balaban J connectivity index is 6.39. The maximum atomic E-state index is 14.2. The van der Waals surface area contributed by atoms with E-state index in [4.69, 9.17) is 10.5 Å². The highest BCUT2D eigenvalue weighted by molar-refractivity contribution is 5.96. The molecule has 0 aliphatic heterocycles. The van der Waals surface area contributed by atoms with Crippen LogP contribution in [0.2, 0.25) is 0 Å². The number of primary amides is 1. The van der Waals surface area contributed by atoms with Crippen LogP contribution in [0, 0.1) is 23.7 Å². The number of allylic oxidation sites excluding steroid dienone is 3. The van der Waals surface area contributed by atoms with E-state index < -0.39 is 96.1 Å². The number of carbonyl (C=O) groups is 9. The Morgan fingerprint density at radius 1 is 0.657 bits per heavy atom. The molecular formula is C51H89N9O10. The number of hydrogen-bond donors (Lipinski definition) is 4. The Labute approximate surface area is 418 Å². The van der Waals surface area contributed by atoms with E-state index in [-0.39, 0.29) is 49.5 Å². The fourth-order valence-electron chi connectivity index (χ4n) is 7.58. The van der Waals surface area contributed by atoms with Crippen LogP contribution in [0.4, 0.5) is 0 Å². The molecule has 0 aliphatic carbocycles. The second-order valence-corrected chi connectivity index (χ2v) is 19.9. The van der Waals surface area contributed by atoms with Gasteiger partial charge in [-0.25, -0.2) is 0 Å². The van der Waals surface area contributed by atoms with Gasteiger partial charge in [-0.1, -0.05) is 106 Å². The molecule has 0 spiro atoms. The number of nitrogens with two attached hydrogens (primary N) is 1. The average Bonchev–Trinajstić information content (AvgIpc) is 3.29. The van der Waals surface area contributed by atoms with Crippen molar-refractivity contribution in [2.75, 3.05) is 55.0 Å². The van der Waals surface area contributed by atoms with E-state index in [1.54, 1.807) is 26.0 Å². The molecule has 0 saturated carbocycles. The van der Waals surface area contributed by atoms with Crippen molar-refractivity contribution in [1.29, 1.82) is 0 Å². The quantitative estimate of drug-likeness (QED) is 0.0418. The Kier molecular flexibility index (Phi) is 29.7. The molecule has 0 saturated heterocycles. The van der Waals surface area contributed by atoms with E-state index in [0.29, 0.717) is 44.3 Å². The van der Waals surface area contributed by atoms with Gasteiger partial charge in [0.05, 0.1) is 13.2 Å². The van der Waals surface area contributed by atoms with Crippen LogP contribution < -0.4 is 21.7 Å². The van der Waals surface area contributed by atoms with Crippen molar-refractivity contribution in [3.05, 3.63) is 37.0 Å². The summed E-state index contributed by atoms with van der Waals surface area (Å²) < 4.78 is 5.71. The van der Waals surface area contributed by atoms with Gasteiger partial charge in [-0.15, -0.1) is 0 Å². The molecule has 398 valence electrons. The predicted molar refractivity (Wildman–Crippen MR) is 272 cm³/mol. The second-order valence-electron chi connectivity index (χ2n) is 19.9. The molecule has 0 fully saturated rings. The Morgan fingerprint density at radius 2 is 1.17 bits per heavy atom. The Morgan fingerprint density at radius 3 is 1.67 bits per heavy atom. The molecular weight excluding hydrogens is 899 g/mol. The smallest absolute Gasteiger partial charge is 0.247 e. The largest absolute Gasteiger partial charge is 0.379 e. The van der Waals surface area contributed by atoms with Gasteiger partial charge in [0, 0.05) is 60.7 Å². The third-order valence-corrected chi connectivity index (χ3v) is 12.1. The van der Waals surface area contributed by atoms with Gasteiger partial charge < -0.3 is 50.9 Å². The third kappa shape index (κ3) is 22.0. The van der Waals surface area contributed by atoms with Crippen molar-refractivity contribution in [1.82, 2.24) is 40.4 Å². The summed E-state index contributed by atoms with van der Waals surface area (Å²) >= 11 is 0. The first-order valence-corrected chi connectivity index (χ1v) is 24.5. The zero-order valence-corrected chi connectivity index (χ0v) is 45.0. The number of nitrogens with one attached hydrogen (secondary N) is 3. The molecule has 8 atom stereocenters. The maximum Gasteiger partial charge on any atom is 0.247 e. The maximum absolute atomic E-state index is 14.2. The van der Waals surface area contributed by atoms with E-state index >= 15 is 0 Å². The standard InChI is InChI=1S/C51H89N9O10/c1-18-21-22-35(10)27-42(49(67)55-45(36(11)20-3)51(69)59(16)39(46(52)64)24-32(4)5)58(15)44(63)29-56(13)43(62)28-37(12)53-48(66)41(26-34(8)9)60(17)50(68)38(30-70-23-19-2)54-47(65)40(25-33(6)7)57(14)31-61/h18,21-22,31-34,36-42,45H,1,10,19-20,23-30H2,2-9,11-17H3,(H2,52,64)(H,53,66)(H,54,65)(H,55,67)/b22-21-/t36?,37-,38?,39?,40?,41?,42?,45?/m1/s1. The molecule has 0 heterocycles. The fraction of sp³-hybridized carbons (Fsp3) is 0.706. The first-order chi connectivity index (χ1) is 32.6. The van der Waals surface area contributed by atoms with E-state index in [0.717, 1.165) is 0 Å². The zero-order valence-electron chi connectivity index (χ0n) is 45.0. The van der Waals surface area contributed by atoms with Crippen molar-refractivity contribution in [3.63, 3.8) is 0 Å². The van der Waals surface area contributed by atoms with Gasteiger partial charge in [0.15, 0.2) is 0 Å². The number of amides is 9. The number of likely N-dealkylation sites (N-methyl/N-ethyl adjacent to an activating group) is 5. The highest BCUT2D eigenvalue weighted by Crippen LogP contribution is 2.19. The number of nitrogens with zero attached hydrogens (tertiary/aromatic N) is 5. The molecule has 7 unspecified atom stereocenters. The topological polar surface area (TPSA) is 241 Å². The summed E-state index contributed by atoms with van der Waals surface area (Å²) in [5.41, 5.74) is 6.18. The molecule has 0 aromatic carbocycles. The van der Waals surface area contributed by atoms with Crippen LogP contribution in [0.1, 0.15) is 114 Å². The van der Waals surface area contributed by atoms with E-state index in [9.17, 15) is 43.2 Å². The van der Waals surface area contributed by atoms with Crippen molar-refractivity contribution in [3.8, 4) is 0 Å². The minimum Gasteiger partial charge on any atom is -0.379 e. The zero-order chi connectivity index (χ0) is 54.2. The lowest BCUT2D eigenvalue weighted by molar-refractivity contribution is -0.146. The van der Waals surface area contributed by atoms with E-state index in [1.807, 2.05) is 55.4 Å². The molecule has 19 nitrogen and oxygen atoms in total. The van der Waals surface area contributed by atoms with Gasteiger partial charge in [-0.2, -0.15) is 0 Å². The van der Waals surface area contributed by atoms with Crippen molar-refractivity contribution < 1.29 is 47.9 Å². The number of rotatable bonds is 34. The molecule has 70 heavy (non-hydrogen) atoms. The van der Waals surface area contributed by atoms with Crippen LogP contribution in [0.5, 0.6) is 0 Å². The second kappa shape index (κ2) is 32.3. The van der Waals surface area contributed by atoms with Gasteiger partial charge in [-0.3, -0.25) is 43.2 Å². The summed E-state index contributed by atoms with van der Waals surface area (Å²) in [5, 5.41) is 8.46. The molecule has 0 aromatic rings. The Bertz CT molecular complexity index is 1800. The van der Waals surface area contributed by atoms with E-state index in [1.165, 1.54) is 65.8 Å². The molecule has 0 radical (unpaired) electrons. The van der Waals surface area contributed by atoms with Crippen LogP contribution in [0.25, 0.3) is 0 Å². The molecule has 0 bridgehead atoms. The highest BCUT2D eigenvalue weighted by atomic mass is 16.5. The van der Waals surface area contributed by atoms with Gasteiger partial charge >= 0.3 is 0 Å². The third-order valence-electron chi connectivity index (χ3n) is 12.1. The first-order valence-electron chi connectivity index (χ1n) is 24.5. The van der Waals surface area contributed by atoms with Gasteiger partial charge in [0.2, 0.25) is 53.7 Å². The summed E-state index contributed by atoms with van der Waals surface area (Å²) in [7, 11) is 7.28. The summed E-state index contributed by atoms with van der Waals surface area (Å²) in [6.07, 6.45) is 7.19. The lowest BCUT2D eigenvalue weighted by atomic mass is 9.95. The Hall–Kier alpha value is -5.59. The normalized spacial score (nSPS) is 14.8. The van der Waals surface area contributed by atoms with Gasteiger partial charge in [0.1, 0.15) is 36.3 Å². The summed E-state index contributed by atoms with van der Waals surface area (Å²) in [6.45, 7) is 26.0. The fourth-order valence-corrected chi connectivity index (χ4v) is 7.58. The SMILES string of the molecule is C=C/C=C\C(=C)CC(C(=O)NC(C(=O)N(C)C(CC(C)C)C(N)=O)C(C)CC)N(C)C(=O)CN(C)C(=O)C[C@@H](C)NC(=O)C(CC(C)C)N(C)C(=O)C(COCCC)NC(=O)C(CC(C)C)N(C)C=O.